The molecule has 0 saturated heterocycles. The van der Waals surface area contributed by atoms with Crippen LogP contribution in [-0.2, 0) is 16.5 Å². The summed E-state index contributed by atoms with van der Waals surface area (Å²) in [5.41, 5.74) is 20.8. The number of nitrogens with zero attached hydrogens (tertiary/aromatic N) is 6. The van der Waals surface area contributed by atoms with Crippen LogP contribution in [-0.4, -0.2) is 68.8 Å². The number of thioether (sulfide) groups is 2. The predicted molar refractivity (Wildman–Crippen MR) is 233 cm³/mol. The van der Waals surface area contributed by atoms with E-state index in [1.165, 1.54) is 12.1 Å². The molecule has 1 aromatic carbocycles. The minimum absolute atomic E-state index is 0.292. The summed E-state index contributed by atoms with van der Waals surface area (Å²) in [5, 5.41) is 1.82. The van der Waals surface area contributed by atoms with Crippen molar-refractivity contribution in [2.75, 3.05) is 50.4 Å². The Morgan fingerprint density at radius 3 is 1.96 bits per heavy atom. The van der Waals surface area contributed by atoms with Crippen LogP contribution in [0.5, 0.6) is 0 Å². The van der Waals surface area contributed by atoms with Crippen LogP contribution in [0.4, 0.5) is 15.8 Å². The van der Waals surface area contributed by atoms with Crippen LogP contribution in [0.2, 0.25) is 0 Å². The van der Waals surface area contributed by atoms with Crippen molar-refractivity contribution in [3.63, 3.8) is 0 Å². The van der Waals surface area contributed by atoms with Gasteiger partial charge < -0.3 is 20.9 Å². The molecule has 16 heteroatoms. The lowest BCUT2D eigenvalue weighted by molar-refractivity contribution is -0.669. The van der Waals surface area contributed by atoms with E-state index >= 15 is 0 Å². The van der Waals surface area contributed by atoms with Gasteiger partial charge in [-0.25, -0.2) is 28.9 Å². The molecule has 7 heterocycles. The molecule has 0 radical (unpaired) electrons. The number of halogens is 1. The van der Waals surface area contributed by atoms with E-state index in [4.69, 9.17) is 35.9 Å². The number of methoxy groups -OCH3 is 2. The summed E-state index contributed by atoms with van der Waals surface area (Å²) in [6.45, 7) is 1.47. The number of nitrogens with two attached hydrogens (primary N) is 2. The molecule has 5 N–H and O–H groups in total. The van der Waals surface area contributed by atoms with Crippen molar-refractivity contribution in [1.29, 1.82) is 0 Å². The molecule has 0 spiro atoms. The Morgan fingerprint density at radius 1 is 0.772 bits per heavy atom. The first-order valence-electron chi connectivity index (χ1n) is 18.0. The standard InChI is InChI=1S/C21H19FN4OS2.C20H21N5OS2/c1-27-10-3-11-28-21-17(23)16-18(13-5-7-15(22)8-6-13)25-19(26-20(16)29-21)14-4-2-9-24-12-14;1-25-11-16(23-12-25)14-9-15(13-5-3-6-22-10-13)24-19-17(14)18(21)20(28-19)27-8-4-7-26-2/h2,4-9,12H,3,10-11,23H2,1H3;3,5-6,9-12H,4,7-8,21H2,1-2H3/p+1. The van der Waals surface area contributed by atoms with Gasteiger partial charge in [-0.3, -0.25) is 9.97 Å². The highest BCUT2D eigenvalue weighted by Gasteiger charge is 2.22. The van der Waals surface area contributed by atoms with Crippen LogP contribution in [0.3, 0.4) is 0 Å². The number of thiophene rings is 2. The number of aromatic amines is 1. The number of anilines is 2. The highest BCUT2D eigenvalue weighted by Crippen LogP contribution is 2.46. The molecule has 8 aromatic rings. The van der Waals surface area contributed by atoms with Gasteiger partial charge in [0.1, 0.15) is 21.7 Å². The molecular weight excluding hydrogens is 798 g/mol. The number of hydrogen-bond acceptors (Lipinski definition) is 13. The molecule has 0 bridgehead atoms. The number of ether oxygens (including phenoxy) is 2. The number of imidazole rings is 1. The first kappa shape index (κ1) is 40.2. The van der Waals surface area contributed by atoms with Crippen LogP contribution in [0.25, 0.3) is 65.6 Å². The van der Waals surface area contributed by atoms with Crippen molar-refractivity contribution < 1.29 is 18.4 Å². The Balaban J connectivity index is 0.000000174. The topological polar surface area (TPSA) is 155 Å². The highest BCUT2D eigenvalue weighted by molar-refractivity contribution is 8.01. The second-order valence-electron chi connectivity index (χ2n) is 12.8. The molecular formula is C41H41FN9O2S4+. The van der Waals surface area contributed by atoms with Gasteiger partial charge in [0.15, 0.2) is 11.5 Å². The number of aromatic nitrogens is 7. The van der Waals surface area contributed by atoms with Crippen molar-refractivity contribution in [1.82, 2.24) is 29.9 Å². The van der Waals surface area contributed by atoms with Crippen LogP contribution in [0, 0.1) is 5.82 Å². The van der Waals surface area contributed by atoms with Gasteiger partial charge in [-0.05, 0) is 67.4 Å². The van der Waals surface area contributed by atoms with E-state index in [1.807, 2.05) is 48.4 Å². The van der Waals surface area contributed by atoms with E-state index in [0.717, 1.165) is 99.1 Å². The molecule has 0 atom stereocenters. The van der Waals surface area contributed by atoms with Gasteiger partial charge in [0.25, 0.3) is 0 Å². The number of aryl methyl sites for hydroxylation is 1. The normalized spacial score (nSPS) is 11.3. The second-order valence-corrected chi connectivity index (χ2v) is 17.5. The predicted octanol–water partition coefficient (Wildman–Crippen LogP) is 9.16. The summed E-state index contributed by atoms with van der Waals surface area (Å²) >= 11 is 6.67. The van der Waals surface area contributed by atoms with E-state index in [9.17, 15) is 4.39 Å². The number of benzene rings is 1. The lowest BCUT2D eigenvalue weighted by Gasteiger charge is -2.07. The van der Waals surface area contributed by atoms with Crippen molar-refractivity contribution in [2.45, 2.75) is 21.3 Å². The molecule has 0 fully saturated rings. The highest BCUT2D eigenvalue weighted by atomic mass is 32.2. The van der Waals surface area contributed by atoms with E-state index in [2.05, 4.69) is 27.2 Å². The van der Waals surface area contributed by atoms with Gasteiger partial charge in [0.2, 0.25) is 6.33 Å². The van der Waals surface area contributed by atoms with Crippen LogP contribution < -0.4 is 16.0 Å². The molecule has 0 aliphatic heterocycles. The summed E-state index contributed by atoms with van der Waals surface area (Å²) < 4.78 is 27.9. The second kappa shape index (κ2) is 19.0. The first-order valence-corrected chi connectivity index (χ1v) is 21.6. The lowest BCUT2D eigenvalue weighted by atomic mass is 10.1. The average Bonchev–Trinajstić information content (AvgIpc) is 3.92. The van der Waals surface area contributed by atoms with Crippen LogP contribution in [0.1, 0.15) is 12.8 Å². The monoisotopic (exact) mass is 838 g/mol. The van der Waals surface area contributed by atoms with Gasteiger partial charge in [-0.1, -0.05) is 0 Å². The fraction of sp³-hybridized carbons (Fsp3) is 0.220. The number of hydrogen-bond donors (Lipinski definition) is 3. The molecule has 0 amide bonds. The fourth-order valence-electron chi connectivity index (χ4n) is 5.97. The number of fused-ring (bicyclic) bond motifs is 2. The Hall–Kier alpha value is -4.97. The van der Waals surface area contributed by atoms with Crippen molar-refractivity contribution in [3.05, 3.63) is 97.7 Å². The molecule has 11 nitrogen and oxygen atoms in total. The van der Waals surface area contributed by atoms with Crippen molar-refractivity contribution >= 4 is 78.0 Å². The number of nitrogen functional groups attached to an aromatic ring is 2. The number of rotatable bonds is 14. The molecule has 7 aromatic heterocycles. The molecule has 8 rings (SSSR count). The Labute approximate surface area is 346 Å². The molecule has 0 unspecified atom stereocenters. The minimum atomic E-state index is -0.292. The molecule has 0 aliphatic rings. The van der Waals surface area contributed by atoms with Gasteiger partial charge in [-0.15, -0.1) is 46.2 Å². The van der Waals surface area contributed by atoms with Gasteiger partial charge in [-0.2, -0.15) is 0 Å². The van der Waals surface area contributed by atoms with E-state index in [0.29, 0.717) is 23.8 Å². The van der Waals surface area contributed by atoms with Gasteiger partial charge in [0.05, 0.1) is 43.6 Å². The lowest BCUT2D eigenvalue weighted by Crippen LogP contribution is -2.22. The van der Waals surface area contributed by atoms with Crippen molar-refractivity contribution in [2.24, 2.45) is 7.05 Å². The quantitative estimate of drug-likeness (QED) is 0.0546. The van der Waals surface area contributed by atoms with Gasteiger partial charge >= 0.3 is 0 Å². The minimum Gasteiger partial charge on any atom is -0.397 e. The third kappa shape index (κ3) is 9.43. The zero-order chi connectivity index (χ0) is 39.7. The summed E-state index contributed by atoms with van der Waals surface area (Å²) in [5.74, 6) is 2.15. The maximum atomic E-state index is 13.5. The fourth-order valence-corrected chi connectivity index (χ4v) is 10.5. The molecule has 292 valence electrons. The zero-order valence-corrected chi connectivity index (χ0v) is 34.8. The van der Waals surface area contributed by atoms with Crippen LogP contribution in [0.15, 0.2) is 100 Å². The van der Waals surface area contributed by atoms with Crippen LogP contribution >= 0.6 is 46.2 Å². The average molecular weight is 839 g/mol. The third-order valence-corrected chi connectivity index (χ3v) is 13.7. The third-order valence-electron chi connectivity index (χ3n) is 8.71. The Bertz CT molecular complexity index is 2570. The maximum absolute atomic E-state index is 13.5. The smallest absolute Gasteiger partial charge is 0.241 e. The van der Waals surface area contributed by atoms with E-state index in [-0.39, 0.29) is 5.82 Å². The summed E-state index contributed by atoms with van der Waals surface area (Å²) in [4.78, 5) is 27.9. The Kier molecular flexibility index (Phi) is 13.4. The number of pyridine rings is 3. The van der Waals surface area contributed by atoms with Gasteiger partial charge in [0, 0.05) is 91.4 Å². The summed E-state index contributed by atoms with van der Waals surface area (Å²) in [7, 11) is 5.42. The zero-order valence-electron chi connectivity index (χ0n) is 31.6. The summed E-state index contributed by atoms with van der Waals surface area (Å²) in [6, 6.07) is 16.1. The van der Waals surface area contributed by atoms with Crippen molar-refractivity contribution in [3.8, 4) is 45.2 Å². The molecule has 0 aliphatic carbocycles. The molecule has 57 heavy (non-hydrogen) atoms. The first-order chi connectivity index (χ1) is 27.8. The van der Waals surface area contributed by atoms with E-state index in [1.54, 1.807) is 91.1 Å². The summed E-state index contributed by atoms with van der Waals surface area (Å²) in [6.07, 6.45) is 13.0. The molecule has 0 saturated carbocycles. The Morgan fingerprint density at radius 2 is 1.39 bits per heavy atom. The van der Waals surface area contributed by atoms with E-state index < -0.39 is 0 Å². The number of H-pyrrole nitrogens is 1. The maximum Gasteiger partial charge on any atom is 0.241 e. The largest absolute Gasteiger partial charge is 0.397 e. The number of nitrogens with one attached hydrogen (secondary N) is 1. The SMILES string of the molecule is COCCCSc1sc2nc(-c3cccnc3)cc(-c3c[n+](C)c[nH]3)c2c1N.COCCCSc1sc2nc(-c3cccnc3)nc(-c3ccc(F)cc3)c2c1N.